The van der Waals surface area contributed by atoms with Gasteiger partial charge in [-0.15, -0.1) is 0 Å². The number of rotatable bonds is 6. The topological polar surface area (TPSA) is 47.9 Å². The number of fused-ring (bicyclic) bond motifs is 1. The normalized spacial score (nSPS) is 14.7. The Hall–Kier alpha value is -3.71. The van der Waals surface area contributed by atoms with Crippen LogP contribution in [0.4, 0.5) is 5.69 Å². The number of nitrogens with zero attached hydrogens (tertiary/aromatic N) is 3. The van der Waals surface area contributed by atoms with E-state index < -0.39 is 6.17 Å². The van der Waals surface area contributed by atoms with Crippen LogP contribution in [0.25, 0.3) is 0 Å². The maximum Gasteiger partial charge on any atom is 0.272 e. The number of benzodiazepines with no additional fused rings is 1. The van der Waals surface area contributed by atoms with Crippen LogP contribution in [-0.4, -0.2) is 34.8 Å². The van der Waals surface area contributed by atoms with Crippen molar-refractivity contribution < 1.29 is 4.79 Å². The molecule has 1 N–H and O–H groups in total. The summed E-state index contributed by atoms with van der Waals surface area (Å²) in [7, 11) is 1.73. The molecule has 1 aliphatic rings. The van der Waals surface area contributed by atoms with E-state index in [0.717, 1.165) is 11.1 Å². The fourth-order valence-electron chi connectivity index (χ4n) is 4.52. The Morgan fingerprint density at radius 1 is 0.872 bits per heavy atom. The maximum absolute atomic E-state index is 13.7. The zero-order valence-electron chi connectivity index (χ0n) is 21.2. The van der Waals surface area contributed by atoms with Gasteiger partial charge in [-0.2, -0.15) is 0 Å². The van der Waals surface area contributed by atoms with Gasteiger partial charge in [-0.1, -0.05) is 102 Å². The molecule has 0 spiro atoms. The molecule has 0 saturated heterocycles. The fourth-order valence-corrected chi connectivity index (χ4v) is 5.16. The number of carbonyl (C=O) groups is 1. The van der Waals surface area contributed by atoms with Crippen LogP contribution in [0.5, 0.6) is 0 Å². The Bertz CT molecular complexity index is 1490. The smallest absolute Gasteiger partial charge is 0.272 e. The van der Waals surface area contributed by atoms with Gasteiger partial charge in [-0.25, -0.2) is 4.99 Å². The second kappa shape index (κ2) is 12.0. The standard InChI is InChI=1S/C31H26Cl2N4OS/c1-36-27-17-16-23(32)18-25(27)28(24-14-8-9-15-26(24)33)34-29(30(36)38)35-31(39)37(19-21-10-4-2-5-11-21)20-22-12-6-3-7-13-22/h2-18,29H,19-20H2,1H3,(H,35,39). The molecule has 0 fully saturated rings. The van der Waals surface area contributed by atoms with Crippen molar-refractivity contribution in [3.8, 4) is 0 Å². The van der Waals surface area contributed by atoms with Crippen molar-refractivity contribution in [1.29, 1.82) is 0 Å². The molecule has 0 aromatic heterocycles. The van der Waals surface area contributed by atoms with Gasteiger partial charge < -0.3 is 15.1 Å². The zero-order chi connectivity index (χ0) is 27.4. The number of halogens is 2. The van der Waals surface area contributed by atoms with Gasteiger partial charge >= 0.3 is 0 Å². The molecule has 196 valence electrons. The number of thiocarbonyl (C=S) groups is 1. The molecule has 5 nitrogen and oxygen atoms in total. The lowest BCUT2D eigenvalue weighted by Gasteiger charge is -2.29. The molecule has 1 amide bonds. The number of hydrogen-bond acceptors (Lipinski definition) is 3. The molecule has 0 aliphatic carbocycles. The largest absolute Gasteiger partial charge is 0.341 e. The van der Waals surface area contributed by atoms with E-state index in [-0.39, 0.29) is 5.91 Å². The lowest BCUT2D eigenvalue weighted by Crippen LogP contribution is -2.50. The van der Waals surface area contributed by atoms with Crippen LogP contribution in [0.3, 0.4) is 0 Å². The highest BCUT2D eigenvalue weighted by Gasteiger charge is 2.32. The number of carbonyl (C=O) groups excluding carboxylic acids is 1. The molecule has 0 radical (unpaired) electrons. The summed E-state index contributed by atoms with van der Waals surface area (Å²) >= 11 is 18.9. The summed E-state index contributed by atoms with van der Waals surface area (Å²) < 4.78 is 0. The average molecular weight is 574 g/mol. The van der Waals surface area contributed by atoms with E-state index in [2.05, 4.69) is 29.6 Å². The third-order valence-electron chi connectivity index (χ3n) is 6.51. The van der Waals surface area contributed by atoms with E-state index in [1.165, 1.54) is 0 Å². The van der Waals surface area contributed by atoms with Crippen molar-refractivity contribution in [3.05, 3.63) is 135 Å². The highest BCUT2D eigenvalue weighted by Crippen LogP contribution is 2.32. The first-order valence-electron chi connectivity index (χ1n) is 12.4. The predicted molar refractivity (Wildman–Crippen MR) is 164 cm³/mol. The second-order valence-electron chi connectivity index (χ2n) is 9.20. The van der Waals surface area contributed by atoms with E-state index in [0.29, 0.717) is 50.8 Å². The second-order valence-corrected chi connectivity index (χ2v) is 10.4. The molecule has 1 aliphatic heterocycles. The first-order valence-corrected chi connectivity index (χ1v) is 13.6. The van der Waals surface area contributed by atoms with Crippen LogP contribution in [0.1, 0.15) is 22.3 Å². The van der Waals surface area contributed by atoms with Crippen molar-refractivity contribution in [2.45, 2.75) is 19.3 Å². The Labute approximate surface area is 243 Å². The van der Waals surface area contributed by atoms with Crippen LogP contribution in [-0.2, 0) is 17.9 Å². The predicted octanol–water partition coefficient (Wildman–Crippen LogP) is 6.71. The Kier molecular flexibility index (Phi) is 8.27. The van der Waals surface area contributed by atoms with Gasteiger partial charge in [0.1, 0.15) is 0 Å². The van der Waals surface area contributed by atoms with Gasteiger partial charge in [0.2, 0.25) is 6.17 Å². The van der Waals surface area contributed by atoms with Crippen LogP contribution >= 0.6 is 35.4 Å². The highest BCUT2D eigenvalue weighted by atomic mass is 35.5. The van der Waals surface area contributed by atoms with Gasteiger partial charge in [0.05, 0.1) is 11.4 Å². The number of amides is 1. The van der Waals surface area contributed by atoms with Crippen LogP contribution in [0, 0.1) is 0 Å². The summed E-state index contributed by atoms with van der Waals surface area (Å²) in [5, 5.41) is 4.73. The zero-order valence-corrected chi connectivity index (χ0v) is 23.5. The summed E-state index contributed by atoms with van der Waals surface area (Å²) in [6.07, 6.45) is -0.978. The lowest BCUT2D eigenvalue weighted by atomic mass is 10.00. The van der Waals surface area contributed by atoms with Crippen molar-refractivity contribution in [2.24, 2.45) is 4.99 Å². The minimum Gasteiger partial charge on any atom is -0.341 e. The van der Waals surface area contributed by atoms with E-state index in [1.54, 1.807) is 30.1 Å². The number of hydrogen-bond donors (Lipinski definition) is 1. The summed E-state index contributed by atoms with van der Waals surface area (Å²) in [4.78, 5) is 22.3. The van der Waals surface area contributed by atoms with Crippen molar-refractivity contribution in [3.63, 3.8) is 0 Å². The molecule has 1 atom stereocenters. The van der Waals surface area contributed by atoms with Crippen molar-refractivity contribution in [2.75, 3.05) is 11.9 Å². The Balaban J connectivity index is 1.52. The fraction of sp³-hybridized carbons (Fsp3) is 0.129. The summed E-state index contributed by atoms with van der Waals surface area (Å²) in [6, 6.07) is 33.0. The Morgan fingerprint density at radius 2 is 1.46 bits per heavy atom. The van der Waals surface area contributed by atoms with Gasteiger partial charge in [-0.3, -0.25) is 4.79 Å². The third-order valence-corrected chi connectivity index (χ3v) is 7.45. The number of likely N-dealkylation sites (N-methyl/N-ethyl adjacent to an activating group) is 1. The molecule has 4 aromatic rings. The molecule has 4 aromatic carbocycles. The molecule has 39 heavy (non-hydrogen) atoms. The van der Waals surface area contributed by atoms with E-state index >= 15 is 0 Å². The summed E-state index contributed by atoms with van der Waals surface area (Å²) in [5.41, 5.74) is 4.87. The number of aliphatic imine (C=N–C) groups is 1. The monoisotopic (exact) mass is 572 g/mol. The first-order chi connectivity index (χ1) is 18.9. The maximum atomic E-state index is 13.7. The van der Waals surface area contributed by atoms with Crippen LogP contribution < -0.4 is 10.2 Å². The highest BCUT2D eigenvalue weighted by molar-refractivity contribution is 7.80. The molecule has 1 heterocycles. The van der Waals surface area contributed by atoms with Gasteiger partial charge in [0, 0.05) is 41.3 Å². The van der Waals surface area contributed by atoms with Gasteiger partial charge in [0.15, 0.2) is 5.11 Å². The van der Waals surface area contributed by atoms with Gasteiger partial charge in [-0.05, 0) is 47.6 Å². The summed E-state index contributed by atoms with van der Waals surface area (Å²) in [6.45, 7) is 1.13. The van der Waals surface area contributed by atoms with Crippen molar-refractivity contribution >= 4 is 57.8 Å². The number of nitrogens with one attached hydrogen (secondary N) is 1. The van der Waals surface area contributed by atoms with E-state index in [1.807, 2.05) is 65.6 Å². The molecule has 5 rings (SSSR count). The molecular weight excluding hydrogens is 547 g/mol. The first kappa shape index (κ1) is 26.9. The Morgan fingerprint density at radius 3 is 2.08 bits per heavy atom. The van der Waals surface area contributed by atoms with Crippen LogP contribution in [0.2, 0.25) is 10.0 Å². The summed E-state index contributed by atoms with van der Waals surface area (Å²) in [5.74, 6) is -0.248. The molecule has 8 heteroatoms. The van der Waals surface area contributed by atoms with Crippen molar-refractivity contribution in [1.82, 2.24) is 10.2 Å². The van der Waals surface area contributed by atoms with Gasteiger partial charge in [0.25, 0.3) is 5.91 Å². The molecule has 1 unspecified atom stereocenters. The average Bonchev–Trinajstić information content (AvgIpc) is 3.04. The number of benzene rings is 4. The molecular formula is C31H26Cl2N4OS. The van der Waals surface area contributed by atoms with E-state index in [9.17, 15) is 4.79 Å². The van der Waals surface area contributed by atoms with E-state index in [4.69, 9.17) is 40.4 Å². The molecule has 0 saturated carbocycles. The third kappa shape index (κ3) is 6.14. The lowest BCUT2D eigenvalue weighted by molar-refractivity contribution is -0.119. The number of anilines is 1. The minimum atomic E-state index is -0.978. The SMILES string of the molecule is CN1C(=O)C(NC(=S)N(Cc2ccccc2)Cc2ccccc2)N=C(c2ccccc2Cl)c2cc(Cl)ccc21. The minimum absolute atomic E-state index is 0.248. The van der Waals surface area contributed by atoms with Crippen LogP contribution in [0.15, 0.2) is 108 Å². The molecule has 0 bridgehead atoms. The quantitative estimate of drug-likeness (QED) is 0.261.